The van der Waals surface area contributed by atoms with Crippen molar-refractivity contribution in [1.82, 2.24) is 10.6 Å². The van der Waals surface area contributed by atoms with Crippen molar-refractivity contribution >= 4 is 60.6 Å². The number of ether oxygens (including phenoxy) is 25. The highest BCUT2D eigenvalue weighted by Gasteiger charge is 2.34. The number of hydrogen-bond acceptors (Lipinski definition) is 35. The quantitative estimate of drug-likeness (QED) is 0.0269. The number of primary amides is 1. The summed E-state index contributed by atoms with van der Waals surface area (Å²) in [5.41, 5.74) is 8.97. The number of benzene rings is 4. The molecule has 138 heavy (non-hydrogen) atoms. The van der Waals surface area contributed by atoms with Gasteiger partial charge in [0.25, 0.3) is 0 Å². The number of carbonyl (C=O) groups is 6. The fourth-order valence-corrected chi connectivity index (χ4v) is 15.6. The van der Waals surface area contributed by atoms with E-state index in [4.69, 9.17) is 124 Å². The number of ketones is 3. The van der Waals surface area contributed by atoms with Crippen molar-refractivity contribution in [2.24, 2.45) is 23.5 Å². The second kappa shape index (κ2) is 83.5. The first-order valence-corrected chi connectivity index (χ1v) is 50.9. The maximum Gasteiger partial charge on any atom is 0.312 e. The van der Waals surface area contributed by atoms with Crippen LogP contribution in [0.1, 0.15) is 83.4 Å². The van der Waals surface area contributed by atoms with E-state index in [2.05, 4.69) is 16.0 Å². The highest BCUT2D eigenvalue weighted by molar-refractivity contribution is 7.92. The fourth-order valence-electron chi connectivity index (χ4n) is 12.4. The summed E-state index contributed by atoms with van der Waals surface area (Å²) in [6, 6.07) is 24.0. The van der Waals surface area contributed by atoms with Gasteiger partial charge in [-0.3, -0.25) is 24.0 Å². The highest BCUT2D eigenvalue weighted by atomic mass is 32.2. The van der Waals surface area contributed by atoms with Crippen molar-refractivity contribution in [2.75, 3.05) is 354 Å². The number of rotatable bonds is 98. The van der Waals surface area contributed by atoms with Crippen molar-refractivity contribution in [3.63, 3.8) is 0 Å². The number of hydrogen-bond donors (Lipinski definition) is 4. The lowest BCUT2D eigenvalue weighted by Gasteiger charge is -2.24. The Hall–Kier alpha value is -7.00. The van der Waals surface area contributed by atoms with Gasteiger partial charge in [0.15, 0.2) is 37.0 Å². The third-order valence-electron chi connectivity index (χ3n) is 19.8. The molecule has 0 aliphatic carbocycles. The van der Waals surface area contributed by atoms with E-state index in [1.165, 1.54) is 48.5 Å². The zero-order chi connectivity index (χ0) is 99.5. The molecule has 0 radical (unpaired) electrons. The molecule has 0 fully saturated rings. The summed E-state index contributed by atoms with van der Waals surface area (Å²) in [6.45, 7) is 29.7. The molecule has 4 aromatic rings. The Labute approximate surface area is 815 Å². The van der Waals surface area contributed by atoms with Gasteiger partial charge in [0.05, 0.1) is 350 Å². The number of carbonyl (C=O) groups excluding carboxylic acids is 6. The number of nitrogens with two attached hydrogens (primary N) is 1. The molecule has 0 heterocycles. The van der Waals surface area contributed by atoms with Gasteiger partial charge < -0.3 is 140 Å². The van der Waals surface area contributed by atoms with Crippen LogP contribution < -0.4 is 21.7 Å². The molecule has 786 valence electrons. The molecular weight excluding hydrogens is 1850 g/mol. The number of urea groups is 1. The number of aryl methyl sites for hydroxylation is 3. The van der Waals surface area contributed by atoms with Crippen LogP contribution in [-0.4, -0.2) is 406 Å². The van der Waals surface area contributed by atoms with Gasteiger partial charge in [-0.2, -0.15) is 0 Å². The number of nitrogens with one attached hydrogen (secondary N) is 3. The van der Waals surface area contributed by atoms with Crippen molar-refractivity contribution in [3.05, 3.63) is 125 Å². The van der Waals surface area contributed by atoms with E-state index in [1.807, 2.05) is 46.8 Å². The average molecular weight is 2000 g/mol. The van der Waals surface area contributed by atoms with Crippen LogP contribution in [0, 0.1) is 38.5 Å². The van der Waals surface area contributed by atoms with Crippen molar-refractivity contribution in [2.45, 2.75) is 82.6 Å². The molecule has 0 saturated heterocycles. The van der Waals surface area contributed by atoms with E-state index in [0.29, 0.717) is 341 Å². The molecule has 4 aromatic carbocycles. The first kappa shape index (κ1) is 123. The first-order chi connectivity index (χ1) is 67.1. The van der Waals surface area contributed by atoms with E-state index in [9.17, 15) is 45.6 Å². The van der Waals surface area contributed by atoms with Gasteiger partial charge in [-0.15, -0.1) is 0 Å². The van der Waals surface area contributed by atoms with Gasteiger partial charge in [-0.25, -0.2) is 21.6 Å². The van der Waals surface area contributed by atoms with Crippen LogP contribution in [0.3, 0.4) is 0 Å². The summed E-state index contributed by atoms with van der Waals surface area (Å²) in [5.74, 6) is -5.67. The Bertz CT molecular complexity index is 3860. The van der Waals surface area contributed by atoms with E-state index >= 15 is 0 Å². The van der Waals surface area contributed by atoms with Gasteiger partial charge in [0.2, 0.25) is 11.8 Å². The lowest BCUT2D eigenvalue weighted by Crippen LogP contribution is -2.47. The lowest BCUT2D eigenvalue weighted by molar-refractivity contribution is -0.133. The molecule has 0 saturated carbocycles. The van der Waals surface area contributed by atoms with Crippen molar-refractivity contribution < 1.29 is 164 Å². The summed E-state index contributed by atoms with van der Waals surface area (Å²) < 4.78 is 193. The normalized spacial score (nSPS) is 12.3. The number of amides is 4. The van der Waals surface area contributed by atoms with Crippen LogP contribution >= 0.6 is 0 Å². The fraction of sp³-hybridized carbons (Fsp3) is 0.691. The first-order valence-electron chi connectivity index (χ1n) is 47.6. The summed E-state index contributed by atoms with van der Waals surface area (Å²) in [5, 5.41) is 8.14. The van der Waals surface area contributed by atoms with Crippen LogP contribution in [0.25, 0.3) is 0 Å². The van der Waals surface area contributed by atoms with Crippen LogP contribution in [-0.2, 0) is 152 Å². The molecule has 0 spiro atoms. The molecule has 2 atom stereocenters. The largest absolute Gasteiger partial charge is 0.379 e. The summed E-state index contributed by atoms with van der Waals surface area (Å²) in [4.78, 5) is 77.5. The standard InChI is InChI=1S/C97H156N4O35S2/c1-80(2)94(92(103)76-86(8-6-26-99-97(98)107)96(106)100-88-20-10-81(3)11-21-88)101-93(104)77-136-75-74-135-73-72-134-71-70-133-69-68-132-67-66-131-65-64-130-63-62-129-61-60-128-59-58-127-57-56-126-55-54-125-53-52-124-51-50-123-49-48-122-47-46-121-45-44-120-43-42-119-41-40-118-39-38-117-37-36-116-35-34-115-33-32-114-31-30-113-29-28-112-27-7-9-91(102)84-16-18-85(19-17-84)95(105)87(78-137(108,109)89-22-12-82(4)13-23-89)79-138(110,111)90-24-14-83(5)15-25-90/h10-25,80,86-87,94H,6-9,26-79H2,1-5H3,(H,100,106)(H,101,104)(H3,98,99,107)/t86-,94+/m1/s1. The molecule has 4 rings (SSSR count). The minimum atomic E-state index is -4.05. The Balaban J connectivity index is 0.746. The lowest BCUT2D eigenvalue weighted by atomic mass is 9.89. The summed E-state index contributed by atoms with van der Waals surface area (Å²) >= 11 is 0. The maximum absolute atomic E-state index is 13.9. The van der Waals surface area contributed by atoms with E-state index < -0.39 is 66.8 Å². The molecular formula is C97H156N4O35S2. The van der Waals surface area contributed by atoms with Gasteiger partial charge >= 0.3 is 6.03 Å². The summed E-state index contributed by atoms with van der Waals surface area (Å²) in [6.07, 6.45) is 1.29. The van der Waals surface area contributed by atoms with Crippen molar-refractivity contribution in [3.8, 4) is 0 Å². The minimum Gasteiger partial charge on any atom is -0.379 e. The third-order valence-corrected chi connectivity index (χ3v) is 23.5. The zero-order valence-corrected chi connectivity index (χ0v) is 83.4. The minimum absolute atomic E-state index is 0.00810. The van der Waals surface area contributed by atoms with E-state index in [0.717, 1.165) is 16.7 Å². The summed E-state index contributed by atoms with van der Waals surface area (Å²) in [7, 11) is -8.10. The van der Waals surface area contributed by atoms with Gasteiger partial charge in [-0.1, -0.05) is 91.2 Å². The topological polar surface area (TPSA) is 464 Å². The molecule has 39 nitrogen and oxygen atoms in total. The second-order valence-electron chi connectivity index (χ2n) is 31.5. The Morgan fingerprint density at radius 1 is 0.312 bits per heavy atom. The molecule has 0 unspecified atom stereocenters. The highest BCUT2D eigenvalue weighted by Crippen LogP contribution is 2.25. The smallest absolute Gasteiger partial charge is 0.312 e. The van der Waals surface area contributed by atoms with Gasteiger partial charge in [-0.05, 0) is 82.3 Å². The molecule has 41 heteroatoms. The Kier molecular flexibility index (Phi) is 74.6. The van der Waals surface area contributed by atoms with Crippen LogP contribution in [0.15, 0.2) is 107 Å². The van der Waals surface area contributed by atoms with Crippen LogP contribution in [0.5, 0.6) is 0 Å². The number of Topliss-reactive ketones (excluding diaryl/α,β-unsaturated/α-hetero) is 3. The molecule has 0 aromatic heterocycles. The molecule has 5 N–H and O–H groups in total. The van der Waals surface area contributed by atoms with E-state index in [-0.39, 0.29) is 78.0 Å². The van der Waals surface area contributed by atoms with Crippen LogP contribution in [0.2, 0.25) is 0 Å². The van der Waals surface area contributed by atoms with Crippen molar-refractivity contribution in [1.29, 1.82) is 0 Å². The number of sulfone groups is 2. The predicted octanol–water partition coefficient (Wildman–Crippen LogP) is 6.54. The Morgan fingerprint density at radius 3 is 0.833 bits per heavy atom. The van der Waals surface area contributed by atoms with E-state index in [1.54, 1.807) is 36.4 Å². The molecule has 0 aliphatic rings. The predicted molar refractivity (Wildman–Crippen MR) is 511 cm³/mol. The molecule has 0 aliphatic heterocycles. The average Bonchev–Trinajstić information content (AvgIpc) is 0.797. The second-order valence-corrected chi connectivity index (χ2v) is 35.6. The Morgan fingerprint density at radius 2 is 0.565 bits per heavy atom. The van der Waals surface area contributed by atoms with Gasteiger partial charge in [0.1, 0.15) is 6.61 Å². The van der Waals surface area contributed by atoms with Crippen LogP contribution in [0.4, 0.5) is 10.5 Å². The monoisotopic (exact) mass is 2000 g/mol. The number of anilines is 1. The SMILES string of the molecule is Cc1ccc(NC(=O)[C@H](CCCNC(N)=O)CC(=O)[C@@H](NC(=O)COCCOCCOCCOCCOCCOCCOCCOCCOCCOCCOCCOCCOCCOCCOCCOCCOCCOCCOCCOCCOCCOCCOCCOCCOCCCC(=O)c2ccc(C(=O)C(CS(=O)(=O)c3ccc(C)cc3)CS(=O)(=O)c3ccc(C)cc3)cc2)C(C)C)cc1. The third kappa shape index (κ3) is 66.7. The zero-order valence-electron chi connectivity index (χ0n) is 81.7. The maximum atomic E-state index is 13.9. The molecule has 0 bridgehead atoms. The molecule has 4 amide bonds. The van der Waals surface area contributed by atoms with Gasteiger partial charge in [0, 0.05) is 48.7 Å².